The van der Waals surface area contributed by atoms with Crippen molar-refractivity contribution in [1.29, 1.82) is 0 Å². The molecule has 8 heteroatoms. The van der Waals surface area contributed by atoms with Gasteiger partial charge in [0, 0.05) is 20.6 Å². The first-order valence-corrected chi connectivity index (χ1v) is 11.1. The molecule has 0 saturated carbocycles. The van der Waals surface area contributed by atoms with E-state index in [2.05, 4.69) is 31.8 Å². The summed E-state index contributed by atoms with van der Waals surface area (Å²) in [5.41, 5.74) is 4.57. The Labute approximate surface area is 193 Å². The van der Waals surface area contributed by atoms with Crippen LogP contribution in [-0.4, -0.2) is 30.9 Å². The summed E-state index contributed by atoms with van der Waals surface area (Å²) < 4.78 is 6.08. The molecule has 0 saturated heterocycles. The van der Waals surface area contributed by atoms with Crippen LogP contribution in [0.25, 0.3) is 0 Å². The van der Waals surface area contributed by atoms with Gasteiger partial charge in [-0.2, -0.15) is 5.10 Å². The number of ketones is 1. The number of methoxy groups -OCH3 is 1. The Balaban J connectivity index is 1.45. The van der Waals surface area contributed by atoms with E-state index in [-0.39, 0.29) is 5.78 Å². The van der Waals surface area contributed by atoms with Gasteiger partial charge in [0.1, 0.15) is 5.75 Å². The summed E-state index contributed by atoms with van der Waals surface area (Å²) in [6.07, 6.45) is 1.56. The van der Waals surface area contributed by atoms with Gasteiger partial charge in [-0.15, -0.1) is 11.8 Å². The maximum atomic E-state index is 12.3. The van der Waals surface area contributed by atoms with Crippen LogP contribution in [0, 0.1) is 0 Å². The lowest BCUT2D eigenvalue weighted by Crippen LogP contribution is -2.24. The van der Waals surface area contributed by atoms with Crippen LogP contribution < -0.4 is 15.5 Å². The molecule has 2 N–H and O–H groups in total. The topological polar surface area (TPSA) is 79.8 Å². The fourth-order valence-corrected chi connectivity index (χ4v) is 3.57. The standard InChI is InChI=1S/C23H20BrN3O3S/c1-30-20-10-4-17(5-11-20)22(28)15-31-21-12-8-19(9-13-21)26-23(29)27-25-14-16-2-6-18(24)7-3-16/h2-14H,15H2,1H3,(H2,26,27,29). The monoisotopic (exact) mass is 497 g/mol. The number of thioether (sulfide) groups is 1. The van der Waals surface area contributed by atoms with Crippen LogP contribution >= 0.6 is 27.7 Å². The highest BCUT2D eigenvalue weighted by atomic mass is 79.9. The molecule has 0 bridgehead atoms. The van der Waals surface area contributed by atoms with Gasteiger partial charge in [0.15, 0.2) is 5.78 Å². The molecule has 0 fully saturated rings. The predicted octanol–water partition coefficient (Wildman–Crippen LogP) is 5.59. The Bertz CT molecular complexity index is 1050. The summed E-state index contributed by atoms with van der Waals surface area (Å²) in [6.45, 7) is 0. The van der Waals surface area contributed by atoms with Crippen molar-refractivity contribution in [2.45, 2.75) is 4.90 Å². The number of amides is 2. The van der Waals surface area contributed by atoms with Crippen LogP contribution in [0.2, 0.25) is 0 Å². The van der Waals surface area contributed by atoms with Gasteiger partial charge < -0.3 is 10.1 Å². The van der Waals surface area contributed by atoms with Crippen molar-refractivity contribution in [1.82, 2.24) is 5.43 Å². The van der Waals surface area contributed by atoms with Crippen LogP contribution in [0.15, 0.2) is 87.3 Å². The summed E-state index contributed by atoms with van der Waals surface area (Å²) in [5.74, 6) is 1.08. The van der Waals surface area contributed by atoms with Crippen LogP contribution in [0.4, 0.5) is 10.5 Å². The van der Waals surface area contributed by atoms with Crippen molar-refractivity contribution in [2.75, 3.05) is 18.2 Å². The van der Waals surface area contributed by atoms with Crippen LogP contribution in [0.5, 0.6) is 5.75 Å². The molecule has 3 aromatic rings. The first kappa shape index (κ1) is 22.6. The summed E-state index contributed by atoms with van der Waals surface area (Å²) in [6, 6.07) is 21.4. The molecule has 0 aliphatic rings. The van der Waals surface area contributed by atoms with Gasteiger partial charge in [0.05, 0.1) is 19.1 Å². The van der Waals surface area contributed by atoms with Gasteiger partial charge in [-0.05, 0) is 66.2 Å². The van der Waals surface area contributed by atoms with Crippen molar-refractivity contribution >= 4 is 51.4 Å². The lowest BCUT2D eigenvalue weighted by atomic mass is 10.1. The fraction of sp³-hybridized carbons (Fsp3) is 0.0870. The molecule has 158 valence electrons. The Morgan fingerprint density at radius 1 is 1.00 bits per heavy atom. The number of nitrogens with zero attached hydrogens (tertiary/aromatic N) is 1. The average molecular weight is 498 g/mol. The molecule has 0 unspecified atom stereocenters. The number of halogens is 1. The van der Waals surface area contributed by atoms with Crippen molar-refractivity contribution in [3.63, 3.8) is 0 Å². The zero-order chi connectivity index (χ0) is 22.1. The van der Waals surface area contributed by atoms with E-state index in [4.69, 9.17) is 4.74 Å². The van der Waals surface area contributed by atoms with Crippen LogP contribution in [0.3, 0.4) is 0 Å². The van der Waals surface area contributed by atoms with Crippen LogP contribution in [0.1, 0.15) is 15.9 Å². The number of rotatable bonds is 8. The maximum Gasteiger partial charge on any atom is 0.339 e. The average Bonchev–Trinajstić information content (AvgIpc) is 2.80. The highest BCUT2D eigenvalue weighted by molar-refractivity contribution is 9.10. The van der Waals surface area contributed by atoms with Gasteiger partial charge in [-0.25, -0.2) is 10.2 Å². The minimum absolute atomic E-state index is 0.0397. The van der Waals surface area contributed by atoms with E-state index >= 15 is 0 Å². The number of urea groups is 1. The highest BCUT2D eigenvalue weighted by Gasteiger charge is 2.07. The second-order valence-corrected chi connectivity index (χ2v) is 8.30. The van der Waals surface area contributed by atoms with E-state index < -0.39 is 6.03 Å². The second kappa shape index (κ2) is 11.3. The van der Waals surface area contributed by atoms with Gasteiger partial charge in [0.25, 0.3) is 0 Å². The molecular formula is C23H20BrN3O3S. The number of Topliss-reactive ketones (excluding diaryl/α,β-unsaturated/α-hetero) is 1. The molecule has 0 aromatic heterocycles. The zero-order valence-corrected chi connectivity index (χ0v) is 19.1. The van der Waals surface area contributed by atoms with Crippen molar-refractivity contribution in [3.8, 4) is 5.75 Å². The largest absolute Gasteiger partial charge is 0.497 e. The minimum Gasteiger partial charge on any atom is -0.497 e. The summed E-state index contributed by atoms with van der Waals surface area (Å²) in [5, 5.41) is 6.63. The molecule has 2 amide bonds. The third kappa shape index (κ3) is 7.27. The number of benzene rings is 3. The summed E-state index contributed by atoms with van der Waals surface area (Å²) >= 11 is 4.80. The third-order valence-electron chi connectivity index (χ3n) is 4.14. The van der Waals surface area contributed by atoms with E-state index in [0.29, 0.717) is 17.0 Å². The number of nitrogens with one attached hydrogen (secondary N) is 2. The minimum atomic E-state index is -0.441. The van der Waals surface area contributed by atoms with E-state index in [0.717, 1.165) is 20.7 Å². The third-order valence-corrected chi connectivity index (χ3v) is 5.68. The predicted molar refractivity (Wildman–Crippen MR) is 128 cm³/mol. The van der Waals surface area contributed by atoms with Crippen LogP contribution in [-0.2, 0) is 0 Å². The molecule has 3 rings (SSSR count). The van der Waals surface area contributed by atoms with Gasteiger partial charge >= 0.3 is 6.03 Å². The number of anilines is 1. The van der Waals surface area contributed by atoms with Gasteiger partial charge in [-0.1, -0.05) is 28.1 Å². The molecule has 0 aliphatic heterocycles. The summed E-state index contributed by atoms with van der Waals surface area (Å²) in [7, 11) is 1.59. The lowest BCUT2D eigenvalue weighted by molar-refractivity contribution is 0.102. The Hall–Kier alpha value is -3.10. The Kier molecular flexibility index (Phi) is 8.26. The molecular weight excluding hydrogens is 478 g/mol. The Morgan fingerprint density at radius 2 is 1.68 bits per heavy atom. The number of hydrogen-bond acceptors (Lipinski definition) is 5. The second-order valence-electron chi connectivity index (χ2n) is 6.34. The Morgan fingerprint density at radius 3 is 2.32 bits per heavy atom. The van der Waals surface area contributed by atoms with E-state index in [9.17, 15) is 9.59 Å². The van der Waals surface area contributed by atoms with E-state index in [1.807, 2.05) is 36.4 Å². The van der Waals surface area contributed by atoms with E-state index in [1.165, 1.54) is 11.8 Å². The van der Waals surface area contributed by atoms with Gasteiger partial charge in [0.2, 0.25) is 0 Å². The molecule has 0 heterocycles. The van der Waals surface area contributed by atoms with Crippen molar-refractivity contribution in [2.24, 2.45) is 5.10 Å². The first-order chi connectivity index (χ1) is 15.0. The molecule has 0 aliphatic carbocycles. The molecule has 6 nitrogen and oxygen atoms in total. The van der Waals surface area contributed by atoms with Gasteiger partial charge in [-0.3, -0.25) is 4.79 Å². The van der Waals surface area contributed by atoms with Crippen molar-refractivity contribution < 1.29 is 14.3 Å². The van der Waals surface area contributed by atoms with Crippen molar-refractivity contribution in [3.05, 3.63) is 88.4 Å². The number of carbonyl (C=O) groups excluding carboxylic acids is 2. The number of ether oxygens (including phenoxy) is 1. The smallest absolute Gasteiger partial charge is 0.339 e. The highest BCUT2D eigenvalue weighted by Crippen LogP contribution is 2.22. The molecule has 0 spiro atoms. The normalized spacial score (nSPS) is 10.6. The first-order valence-electron chi connectivity index (χ1n) is 9.29. The molecule has 31 heavy (non-hydrogen) atoms. The summed E-state index contributed by atoms with van der Waals surface area (Å²) in [4.78, 5) is 25.2. The number of carbonyl (C=O) groups is 2. The fourth-order valence-electron chi connectivity index (χ4n) is 2.52. The zero-order valence-electron chi connectivity index (χ0n) is 16.7. The molecule has 3 aromatic carbocycles. The number of hydrazone groups is 1. The number of hydrogen-bond donors (Lipinski definition) is 2. The SMILES string of the molecule is COc1ccc(C(=O)CSc2ccc(NC(=O)NN=Cc3ccc(Br)cc3)cc2)cc1. The lowest BCUT2D eigenvalue weighted by Gasteiger charge is -2.06. The maximum absolute atomic E-state index is 12.3. The quantitative estimate of drug-likeness (QED) is 0.184. The van der Waals surface area contributed by atoms with E-state index in [1.54, 1.807) is 49.7 Å². The molecule has 0 atom stereocenters. The molecule has 0 radical (unpaired) electrons.